The number of hydrogen-bond donors (Lipinski definition) is 1. The molecule has 1 N–H and O–H groups in total. The third-order valence-corrected chi connectivity index (χ3v) is 4.37. The molecule has 2 rings (SSSR count). The summed E-state index contributed by atoms with van der Waals surface area (Å²) in [5.74, 6) is -0.997. The summed E-state index contributed by atoms with van der Waals surface area (Å²) < 4.78 is 18.6. The van der Waals surface area contributed by atoms with Crippen LogP contribution in [0.1, 0.15) is 43.5 Å². The molecular weight excluding hydrogens is 299 g/mol. The Morgan fingerprint density at radius 1 is 1.43 bits per heavy atom. The second-order valence-electron chi connectivity index (χ2n) is 5.94. The SMILES string of the molecule is CCCCNC(=O)C1(C)CCN1C(=O)c1ccc(OC)c(F)c1. The van der Waals surface area contributed by atoms with Gasteiger partial charge in [0.25, 0.3) is 5.91 Å². The van der Waals surface area contributed by atoms with Crippen molar-refractivity contribution in [1.29, 1.82) is 0 Å². The number of nitrogens with zero attached hydrogens (tertiary/aromatic N) is 1. The van der Waals surface area contributed by atoms with E-state index < -0.39 is 11.4 Å². The first-order valence-electron chi connectivity index (χ1n) is 7.88. The molecule has 1 heterocycles. The van der Waals surface area contributed by atoms with Crippen LogP contribution in [-0.2, 0) is 4.79 Å². The number of carbonyl (C=O) groups excluding carboxylic acids is 2. The standard InChI is InChI=1S/C17H23FN2O3/c1-4-5-9-19-16(22)17(2)8-10-20(17)15(21)12-6-7-14(23-3)13(18)11-12/h6-7,11H,4-5,8-10H2,1-3H3,(H,19,22). The van der Waals surface area contributed by atoms with Crippen LogP contribution in [-0.4, -0.2) is 42.5 Å². The minimum atomic E-state index is -0.860. The lowest BCUT2D eigenvalue weighted by molar-refractivity contribution is -0.137. The van der Waals surface area contributed by atoms with Crippen molar-refractivity contribution in [1.82, 2.24) is 10.2 Å². The third kappa shape index (κ3) is 3.30. The summed E-state index contributed by atoms with van der Waals surface area (Å²) in [6.07, 6.45) is 2.50. The molecule has 0 aromatic heterocycles. The van der Waals surface area contributed by atoms with Crippen LogP contribution >= 0.6 is 0 Å². The van der Waals surface area contributed by atoms with Gasteiger partial charge in [-0.1, -0.05) is 13.3 Å². The fourth-order valence-electron chi connectivity index (χ4n) is 2.65. The highest BCUT2D eigenvalue weighted by Gasteiger charge is 2.49. The molecule has 0 bridgehead atoms. The van der Waals surface area contributed by atoms with Crippen molar-refractivity contribution >= 4 is 11.8 Å². The first-order valence-corrected chi connectivity index (χ1v) is 7.88. The Morgan fingerprint density at radius 2 is 2.17 bits per heavy atom. The molecule has 1 aromatic rings. The van der Waals surface area contributed by atoms with E-state index >= 15 is 0 Å². The molecule has 1 saturated heterocycles. The first-order chi connectivity index (χ1) is 10.9. The molecule has 1 fully saturated rings. The molecule has 1 atom stereocenters. The van der Waals surface area contributed by atoms with E-state index in [-0.39, 0.29) is 23.1 Å². The Kier molecular flexibility index (Phi) is 5.23. The summed E-state index contributed by atoms with van der Waals surface area (Å²) in [5.41, 5.74) is -0.642. The van der Waals surface area contributed by atoms with Gasteiger partial charge in [-0.3, -0.25) is 9.59 Å². The maximum atomic E-state index is 13.8. The highest BCUT2D eigenvalue weighted by atomic mass is 19.1. The molecule has 23 heavy (non-hydrogen) atoms. The van der Waals surface area contributed by atoms with Crippen LogP contribution < -0.4 is 10.1 Å². The van der Waals surface area contributed by atoms with Crippen LogP contribution in [0.3, 0.4) is 0 Å². The van der Waals surface area contributed by atoms with Crippen LogP contribution in [0.2, 0.25) is 0 Å². The normalized spacial score (nSPS) is 19.9. The zero-order valence-corrected chi connectivity index (χ0v) is 13.8. The lowest BCUT2D eigenvalue weighted by Crippen LogP contribution is -2.67. The second kappa shape index (κ2) is 6.98. The van der Waals surface area contributed by atoms with Crippen LogP contribution in [0.15, 0.2) is 18.2 Å². The fraction of sp³-hybridized carbons (Fsp3) is 0.529. The van der Waals surface area contributed by atoms with Gasteiger partial charge in [-0.2, -0.15) is 0 Å². The number of unbranched alkanes of at least 4 members (excludes halogenated alkanes) is 1. The number of likely N-dealkylation sites (tertiary alicyclic amines) is 1. The van der Waals surface area contributed by atoms with Crippen molar-refractivity contribution in [3.63, 3.8) is 0 Å². The zero-order chi connectivity index (χ0) is 17.0. The molecule has 0 spiro atoms. The quantitative estimate of drug-likeness (QED) is 0.818. The molecule has 6 heteroatoms. The molecule has 0 radical (unpaired) electrons. The smallest absolute Gasteiger partial charge is 0.254 e. The Hall–Kier alpha value is -2.11. The summed E-state index contributed by atoms with van der Waals surface area (Å²) in [7, 11) is 1.37. The van der Waals surface area contributed by atoms with Gasteiger partial charge in [-0.15, -0.1) is 0 Å². The monoisotopic (exact) mass is 322 g/mol. The summed E-state index contributed by atoms with van der Waals surface area (Å²) in [4.78, 5) is 26.4. The minimum absolute atomic E-state index is 0.0882. The van der Waals surface area contributed by atoms with Crippen LogP contribution in [0.5, 0.6) is 5.75 Å². The minimum Gasteiger partial charge on any atom is -0.494 e. The second-order valence-corrected chi connectivity index (χ2v) is 5.94. The predicted octanol–water partition coefficient (Wildman–Crippen LogP) is 2.36. The number of halogens is 1. The highest BCUT2D eigenvalue weighted by Crippen LogP contribution is 2.32. The van der Waals surface area contributed by atoms with Gasteiger partial charge in [0.15, 0.2) is 11.6 Å². The van der Waals surface area contributed by atoms with E-state index in [9.17, 15) is 14.0 Å². The van der Waals surface area contributed by atoms with E-state index in [2.05, 4.69) is 5.32 Å². The number of methoxy groups -OCH3 is 1. The van der Waals surface area contributed by atoms with E-state index in [1.807, 2.05) is 6.92 Å². The largest absolute Gasteiger partial charge is 0.494 e. The van der Waals surface area contributed by atoms with E-state index in [0.717, 1.165) is 18.9 Å². The van der Waals surface area contributed by atoms with Crippen molar-refractivity contribution in [2.75, 3.05) is 20.2 Å². The number of rotatable bonds is 6. The average molecular weight is 322 g/mol. The number of carbonyl (C=O) groups is 2. The Balaban J connectivity index is 2.10. The van der Waals surface area contributed by atoms with E-state index in [1.54, 1.807) is 6.92 Å². The number of amides is 2. The number of hydrogen-bond acceptors (Lipinski definition) is 3. The molecule has 0 aliphatic carbocycles. The summed E-state index contributed by atoms with van der Waals surface area (Å²) >= 11 is 0. The number of nitrogens with one attached hydrogen (secondary N) is 1. The van der Waals surface area contributed by atoms with Gasteiger partial charge >= 0.3 is 0 Å². The molecule has 126 valence electrons. The van der Waals surface area contributed by atoms with Crippen molar-refractivity contribution in [3.05, 3.63) is 29.6 Å². The lowest BCUT2D eigenvalue weighted by atomic mass is 9.84. The van der Waals surface area contributed by atoms with E-state index in [1.165, 1.54) is 24.1 Å². The van der Waals surface area contributed by atoms with E-state index in [0.29, 0.717) is 19.5 Å². The van der Waals surface area contributed by atoms with Gasteiger partial charge in [0.05, 0.1) is 7.11 Å². The zero-order valence-electron chi connectivity index (χ0n) is 13.8. The molecule has 1 aromatic carbocycles. The topological polar surface area (TPSA) is 58.6 Å². The lowest BCUT2D eigenvalue weighted by Gasteiger charge is -2.49. The van der Waals surface area contributed by atoms with Crippen molar-refractivity contribution in [2.45, 2.75) is 38.6 Å². The number of ether oxygens (including phenoxy) is 1. The molecule has 1 aliphatic rings. The molecule has 1 unspecified atom stereocenters. The summed E-state index contributed by atoms with van der Waals surface area (Å²) in [6, 6.07) is 4.08. The molecular formula is C17H23FN2O3. The number of benzene rings is 1. The Morgan fingerprint density at radius 3 is 2.70 bits per heavy atom. The molecule has 2 amide bonds. The highest BCUT2D eigenvalue weighted by molar-refractivity contribution is 6.00. The van der Waals surface area contributed by atoms with Crippen molar-refractivity contribution in [2.24, 2.45) is 0 Å². The fourth-order valence-corrected chi connectivity index (χ4v) is 2.65. The van der Waals surface area contributed by atoms with Crippen molar-refractivity contribution < 1.29 is 18.7 Å². The first kappa shape index (κ1) is 17.2. The van der Waals surface area contributed by atoms with Gasteiger partial charge in [0.2, 0.25) is 5.91 Å². The maximum absolute atomic E-state index is 13.8. The van der Waals surface area contributed by atoms with Crippen LogP contribution in [0.4, 0.5) is 4.39 Å². The summed E-state index contributed by atoms with van der Waals surface area (Å²) in [5, 5.41) is 2.87. The summed E-state index contributed by atoms with van der Waals surface area (Å²) in [6.45, 7) is 4.88. The van der Waals surface area contributed by atoms with Gasteiger partial charge in [0, 0.05) is 18.7 Å². The molecule has 1 aliphatic heterocycles. The Labute approximate surface area is 135 Å². The van der Waals surface area contributed by atoms with E-state index in [4.69, 9.17) is 4.74 Å². The van der Waals surface area contributed by atoms with Gasteiger partial charge in [-0.25, -0.2) is 4.39 Å². The molecule has 0 saturated carbocycles. The Bertz CT molecular complexity index is 606. The maximum Gasteiger partial charge on any atom is 0.254 e. The van der Waals surface area contributed by atoms with Crippen molar-refractivity contribution in [3.8, 4) is 5.75 Å². The van der Waals surface area contributed by atoms with Crippen LogP contribution in [0.25, 0.3) is 0 Å². The average Bonchev–Trinajstić information content (AvgIpc) is 2.53. The van der Waals surface area contributed by atoms with Crippen LogP contribution in [0, 0.1) is 5.82 Å². The van der Waals surface area contributed by atoms with Gasteiger partial charge in [-0.05, 0) is 38.0 Å². The van der Waals surface area contributed by atoms with Gasteiger partial charge < -0.3 is 15.0 Å². The third-order valence-electron chi connectivity index (χ3n) is 4.37. The molecule has 5 nitrogen and oxygen atoms in total. The van der Waals surface area contributed by atoms with Gasteiger partial charge in [0.1, 0.15) is 5.54 Å². The predicted molar refractivity (Wildman–Crippen MR) is 84.9 cm³/mol.